The zero-order valence-electron chi connectivity index (χ0n) is 21.4. The molecule has 8 heteroatoms. The molecule has 0 saturated heterocycles. The van der Waals surface area contributed by atoms with Crippen LogP contribution in [0.3, 0.4) is 0 Å². The highest BCUT2D eigenvalue weighted by Crippen LogP contribution is 2.53. The first-order valence-electron chi connectivity index (χ1n) is 13.4. The average molecular weight is 551 g/mol. The van der Waals surface area contributed by atoms with Crippen molar-refractivity contribution in [3.63, 3.8) is 0 Å². The monoisotopic (exact) mass is 550 g/mol. The minimum Gasteiger partial charge on any atom is -0.429 e. The van der Waals surface area contributed by atoms with Crippen molar-refractivity contribution < 1.29 is 35.5 Å². The molecule has 1 nitrogen and oxygen atoms in total. The summed E-state index contributed by atoms with van der Waals surface area (Å²) in [7, 11) is 0. The van der Waals surface area contributed by atoms with Gasteiger partial charge in [0.25, 0.3) is 0 Å². The van der Waals surface area contributed by atoms with Gasteiger partial charge in [0, 0.05) is 12.1 Å². The molecule has 39 heavy (non-hydrogen) atoms. The lowest BCUT2D eigenvalue weighted by molar-refractivity contribution is -0.189. The van der Waals surface area contributed by atoms with Crippen LogP contribution in [0.25, 0.3) is 11.1 Å². The minimum absolute atomic E-state index is 0.0528. The molecule has 0 radical (unpaired) electrons. The molecule has 0 N–H and O–H groups in total. The van der Waals surface area contributed by atoms with Crippen LogP contribution in [-0.2, 0) is 6.11 Å². The van der Waals surface area contributed by atoms with E-state index in [4.69, 9.17) is 0 Å². The van der Waals surface area contributed by atoms with Crippen LogP contribution in [0, 0.1) is 46.8 Å². The maximum Gasteiger partial charge on any atom is 0.432 e. The van der Waals surface area contributed by atoms with Gasteiger partial charge < -0.3 is 4.74 Å². The Morgan fingerprint density at radius 1 is 0.744 bits per heavy atom. The highest BCUT2D eigenvalue weighted by molar-refractivity contribution is 5.64. The number of rotatable bonds is 8. The van der Waals surface area contributed by atoms with Crippen LogP contribution >= 0.6 is 0 Å². The van der Waals surface area contributed by atoms with Gasteiger partial charge in [-0.25, -0.2) is 22.0 Å². The summed E-state index contributed by atoms with van der Waals surface area (Å²) in [6, 6.07) is 9.14. The van der Waals surface area contributed by atoms with E-state index in [9.17, 15) is 30.7 Å². The van der Waals surface area contributed by atoms with Gasteiger partial charge >= 0.3 is 6.11 Å². The van der Waals surface area contributed by atoms with E-state index in [0.29, 0.717) is 11.5 Å². The standard InChI is InChI=1S/C31H29F7O/c1-2-3-4-17-9-20-11-22(12-21(20)10-17)18-5-7-19(8-6-18)23-13-25(32)29(26(33)14-23)31(37,38)39-24-15-27(34)30(36)28(35)16-24/h5-8,13-17,20-22H,2-4,9-12H2,1H3. The zero-order chi connectivity index (χ0) is 27.9. The number of ether oxygens (including phenoxy) is 1. The molecule has 2 fully saturated rings. The maximum absolute atomic E-state index is 14.8. The van der Waals surface area contributed by atoms with E-state index >= 15 is 0 Å². The summed E-state index contributed by atoms with van der Waals surface area (Å²) in [5, 5.41) is 0. The molecule has 0 aliphatic heterocycles. The number of unbranched alkanes of at least 4 members (excludes halogenated alkanes) is 1. The third-order valence-electron chi connectivity index (χ3n) is 8.33. The topological polar surface area (TPSA) is 9.23 Å². The van der Waals surface area contributed by atoms with Crippen molar-refractivity contribution >= 4 is 0 Å². The van der Waals surface area contributed by atoms with Crippen molar-refractivity contribution in [3.8, 4) is 16.9 Å². The second kappa shape index (κ2) is 10.9. The molecule has 2 unspecified atom stereocenters. The maximum atomic E-state index is 14.8. The molecule has 0 heterocycles. The Kier molecular flexibility index (Phi) is 7.66. The molecular formula is C31H29F7O. The second-order valence-electron chi connectivity index (χ2n) is 10.9. The predicted molar refractivity (Wildman–Crippen MR) is 134 cm³/mol. The van der Waals surface area contributed by atoms with Crippen molar-refractivity contribution in [1.29, 1.82) is 0 Å². The Balaban J connectivity index is 1.29. The molecule has 3 aromatic carbocycles. The van der Waals surface area contributed by atoms with Crippen molar-refractivity contribution in [3.05, 3.63) is 88.7 Å². The highest BCUT2D eigenvalue weighted by atomic mass is 19.3. The van der Waals surface area contributed by atoms with Gasteiger partial charge in [-0.2, -0.15) is 8.78 Å². The van der Waals surface area contributed by atoms with E-state index in [1.165, 1.54) is 32.1 Å². The largest absolute Gasteiger partial charge is 0.432 e. The summed E-state index contributed by atoms with van der Waals surface area (Å²) in [4.78, 5) is 0. The van der Waals surface area contributed by atoms with E-state index in [1.54, 1.807) is 12.1 Å². The fourth-order valence-electron chi connectivity index (χ4n) is 6.50. The zero-order valence-corrected chi connectivity index (χ0v) is 21.4. The average Bonchev–Trinajstić information content (AvgIpc) is 3.44. The third-order valence-corrected chi connectivity index (χ3v) is 8.33. The number of alkyl halides is 2. The minimum atomic E-state index is -4.62. The molecule has 0 bridgehead atoms. The molecule has 2 aliphatic carbocycles. The van der Waals surface area contributed by atoms with E-state index in [2.05, 4.69) is 11.7 Å². The lowest BCUT2D eigenvalue weighted by Crippen LogP contribution is -2.25. The first-order valence-corrected chi connectivity index (χ1v) is 13.4. The van der Waals surface area contributed by atoms with E-state index in [1.807, 2.05) is 12.1 Å². The summed E-state index contributed by atoms with van der Waals surface area (Å²) in [5.74, 6) is -6.98. The Morgan fingerprint density at radius 2 is 1.31 bits per heavy atom. The van der Waals surface area contributed by atoms with Gasteiger partial charge in [-0.15, -0.1) is 0 Å². The van der Waals surface area contributed by atoms with Gasteiger partial charge in [-0.05, 0) is 78.2 Å². The van der Waals surface area contributed by atoms with E-state index in [0.717, 1.165) is 48.3 Å². The molecule has 0 amide bonds. The summed E-state index contributed by atoms with van der Waals surface area (Å²) in [6.07, 6.45) is 4.08. The van der Waals surface area contributed by atoms with Gasteiger partial charge in [0.1, 0.15) is 22.9 Å². The Hall–Kier alpha value is -3.03. The molecule has 2 aliphatic rings. The molecule has 208 valence electrons. The first-order chi connectivity index (χ1) is 18.6. The van der Waals surface area contributed by atoms with Crippen molar-refractivity contribution in [2.75, 3.05) is 0 Å². The molecule has 2 saturated carbocycles. The first kappa shape index (κ1) is 27.5. The molecule has 3 aromatic rings. The molecule has 2 atom stereocenters. The fraction of sp³-hybridized carbons (Fsp3) is 0.419. The third kappa shape index (κ3) is 5.66. The normalized spacial score (nSPS) is 22.8. The fourth-order valence-corrected chi connectivity index (χ4v) is 6.50. The quantitative estimate of drug-likeness (QED) is 0.200. The Bertz CT molecular complexity index is 1280. The summed E-state index contributed by atoms with van der Waals surface area (Å²) in [6.45, 7) is 2.22. The van der Waals surface area contributed by atoms with E-state index in [-0.39, 0.29) is 17.7 Å². The summed E-state index contributed by atoms with van der Waals surface area (Å²) < 4.78 is 103. The van der Waals surface area contributed by atoms with Gasteiger partial charge in [-0.3, -0.25) is 0 Å². The highest BCUT2D eigenvalue weighted by Gasteiger charge is 2.43. The molecular weight excluding hydrogens is 521 g/mol. The molecule has 0 spiro atoms. The number of hydrogen-bond acceptors (Lipinski definition) is 1. The van der Waals surface area contributed by atoms with Crippen LogP contribution in [0.5, 0.6) is 5.75 Å². The summed E-state index contributed by atoms with van der Waals surface area (Å²) in [5.41, 5.74) is -0.0536. The Morgan fingerprint density at radius 3 is 1.85 bits per heavy atom. The lowest BCUT2D eigenvalue weighted by Gasteiger charge is -2.20. The lowest BCUT2D eigenvalue weighted by atomic mass is 9.90. The number of halogens is 7. The van der Waals surface area contributed by atoms with Gasteiger partial charge in [0.2, 0.25) is 0 Å². The smallest absolute Gasteiger partial charge is 0.429 e. The van der Waals surface area contributed by atoms with Crippen molar-refractivity contribution in [2.24, 2.45) is 17.8 Å². The Labute approximate surface area is 223 Å². The van der Waals surface area contributed by atoms with E-state index < -0.39 is 46.5 Å². The molecule has 0 aromatic heterocycles. The van der Waals surface area contributed by atoms with Crippen molar-refractivity contribution in [2.45, 2.75) is 63.9 Å². The van der Waals surface area contributed by atoms with Crippen LogP contribution < -0.4 is 4.74 Å². The second-order valence-corrected chi connectivity index (χ2v) is 10.9. The van der Waals surface area contributed by atoms with Gasteiger partial charge in [0.05, 0.1) is 0 Å². The van der Waals surface area contributed by atoms with Crippen LogP contribution in [-0.4, -0.2) is 0 Å². The summed E-state index contributed by atoms with van der Waals surface area (Å²) >= 11 is 0. The van der Waals surface area contributed by atoms with Crippen LogP contribution in [0.15, 0.2) is 48.5 Å². The van der Waals surface area contributed by atoms with Crippen LogP contribution in [0.1, 0.15) is 68.9 Å². The van der Waals surface area contributed by atoms with Crippen molar-refractivity contribution in [1.82, 2.24) is 0 Å². The van der Waals surface area contributed by atoms with Gasteiger partial charge in [-0.1, -0.05) is 50.5 Å². The SMILES string of the molecule is CCCCC1CC2CC(c3ccc(-c4cc(F)c(C(F)(F)Oc5cc(F)c(F)c(F)c5)c(F)c4)cc3)CC2C1. The van der Waals surface area contributed by atoms with Crippen LogP contribution in [0.4, 0.5) is 30.7 Å². The predicted octanol–water partition coefficient (Wildman–Crippen LogP) is 9.89. The molecule has 5 rings (SSSR count). The van der Waals surface area contributed by atoms with Gasteiger partial charge in [0.15, 0.2) is 17.5 Å². The van der Waals surface area contributed by atoms with Crippen LogP contribution in [0.2, 0.25) is 0 Å². The number of hydrogen-bond donors (Lipinski definition) is 0. The number of fused-ring (bicyclic) bond motifs is 1. The number of benzene rings is 3.